The first kappa shape index (κ1) is 18.1. The number of ether oxygens (including phenoxy) is 1. The lowest BCUT2D eigenvalue weighted by molar-refractivity contribution is -0.143. The molecule has 0 aromatic heterocycles. The first-order valence-corrected chi connectivity index (χ1v) is 6.98. The second-order valence-corrected chi connectivity index (χ2v) is 4.35. The average molecular weight is 282 g/mol. The normalized spacial score (nSPS) is 9.40. The van der Waals surface area contributed by atoms with Crippen molar-refractivity contribution in [1.29, 1.82) is 0 Å². The summed E-state index contributed by atoms with van der Waals surface area (Å²) in [6, 6.07) is 0. The molecule has 0 fully saturated rings. The van der Waals surface area contributed by atoms with Gasteiger partial charge in [-0.1, -0.05) is 29.5 Å². The number of esters is 1. The quantitative estimate of drug-likeness (QED) is 0.164. The molecule has 20 heavy (non-hydrogen) atoms. The molecule has 0 spiro atoms. The summed E-state index contributed by atoms with van der Waals surface area (Å²) in [5.74, 6) is -0.164. The van der Waals surface area contributed by atoms with Crippen LogP contribution < -0.4 is 0 Å². The average Bonchev–Trinajstić information content (AvgIpc) is 2.45. The number of carbonyl (C=O) groups excluding carboxylic acids is 1. The molecule has 0 rings (SSSR count). The minimum atomic E-state index is -0.164. The summed E-state index contributed by atoms with van der Waals surface area (Å²) in [6.07, 6.45) is 6.55. The second kappa shape index (κ2) is 15.1. The molecule has 0 amide bonds. The van der Waals surface area contributed by atoms with Crippen LogP contribution in [-0.4, -0.2) is 25.7 Å². The van der Waals surface area contributed by atoms with Gasteiger partial charge in [-0.25, -0.2) is 0 Å². The Labute approximate surface area is 118 Å². The lowest BCUT2D eigenvalue weighted by Crippen LogP contribution is -2.05. The summed E-state index contributed by atoms with van der Waals surface area (Å²) in [4.78, 5) is 16.7. The lowest BCUT2D eigenvalue weighted by atomic mass is 10.2. The van der Waals surface area contributed by atoms with E-state index in [9.17, 15) is 4.79 Å². The van der Waals surface area contributed by atoms with Gasteiger partial charge in [-0.3, -0.25) is 4.79 Å². The van der Waals surface area contributed by atoms with E-state index in [1.807, 2.05) is 0 Å². The molecule has 0 bridgehead atoms. The predicted molar refractivity (Wildman–Crippen MR) is 75.9 cm³/mol. The Morgan fingerprint density at radius 2 is 1.40 bits per heavy atom. The molecule has 0 unspecified atom stereocenters. The van der Waals surface area contributed by atoms with Crippen molar-refractivity contribution in [1.82, 2.24) is 0 Å². The van der Waals surface area contributed by atoms with Gasteiger partial charge in [0.25, 0.3) is 0 Å². The molecule has 112 valence electrons. The third kappa shape index (κ3) is 14.2. The zero-order valence-electron chi connectivity index (χ0n) is 11.8. The van der Waals surface area contributed by atoms with E-state index in [0.29, 0.717) is 26.1 Å². The van der Waals surface area contributed by atoms with Crippen LogP contribution in [0.5, 0.6) is 0 Å². The summed E-state index contributed by atoms with van der Waals surface area (Å²) >= 11 is 0. The van der Waals surface area contributed by atoms with Crippen molar-refractivity contribution in [3.05, 3.63) is 20.9 Å². The van der Waals surface area contributed by atoms with Crippen LogP contribution in [0.1, 0.15) is 51.4 Å². The van der Waals surface area contributed by atoms with Gasteiger partial charge in [0.2, 0.25) is 0 Å². The molecule has 0 saturated heterocycles. The highest BCUT2D eigenvalue weighted by Gasteiger charge is 2.01. The number of nitrogens with zero attached hydrogens (tertiary/aromatic N) is 6. The van der Waals surface area contributed by atoms with Gasteiger partial charge in [0.1, 0.15) is 0 Å². The number of rotatable bonds is 13. The van der Waals surface area contributed by atoms with Crippen LogP contribution in [0, 0.1) is 0 Å². The Morgan fingerprint density at radius 3 is 2.00 bits per heavy atom. The van der Waals surface area contributed by atoms with E-state index in [1.165, 1.54) is 0 Å². The van der Waals surface area contributed by atoms with E-state index in [2.05, 4.69) is 20.1 Å². The zero-order valence-corrected chi connectivity index (χ0v) is 11.8. The van der Waals surface area contributed by atoms with Crippen molar-refractivity contribution in [2.45, 2.75) is 51.4 Å². The van der Waals surface area contributed by atoms with Gasteiger partial charge in [-0.2, -0.15) is 0 Å². The molecule has 8 nitrogen and oxygen atoms in total. The SMILES string of the molecule is [N-]=[N+]=NCCCCCCOC(=O)CCCCCN=[N+]=[N-]. The van der Waals surface area contributed by atoms with Crippen LogP contribution >= 0.6 is 0 Å². The fourth-order valence-corrected chi connectivity index (χ4v) is 1.61. The fourth-order valence-electron chi connectivity index (χ4n) is 1.61. The first-order valence-electron chi connectivity index (χ1n) is 6.98. The molecule has 0 aliphatic heterocycles. The molecular weight excluding hydrogens is 260 g/mol. The summed E-state index contributed by atoms with van der Waals surface area (Å²) in [6.45, 7) is 1.48. The highest BCUT2D eigenvalue weighted by atomic mass is 16.5. The van der Waals surface area contributed by atoms with Gasteiger partial charge in [0, 0.05) is 29.3 Å². The molecule has 0 saturated carbocycles. The number of carbonyl (C=O) groups is 1. The van der Waals surface area contributed by atoms with Crippen LogP contribution in [0.15, 0.2) is 10.2 Å². The van der Waals surface area contributed by atoms with Gasteiger partial charge in [-0.05, 0) is 36.7 Å². The van der Waals surface area contributed by atoms with Crippen molar-refractivity contribution in [3.63, 3.8) is 0 Å². The van der Waals surface area contributed by atoms with Crippen LogP contribution in [-0.2, 0) is 9.53 Å². The maximum atomic E-state index is 11.3. The number of hydrogen-bond donors (Lipinski definition) is 0. The fraction of sp³-hybridized carbons (Fsp3) is 0.917. The van der Waals surface area contributed by atoms with E-state index in [4.69, 9.17) is 15.8 Å². The van der Waals surface area contributed by atoms with E-state index in [0.717, 1.165) is 44.9 Å². The number of hydrogen-bond acceptors (Lipinski definition) is 4. The third-order valence-corrected chi connectivity index (χ3v) is 2.68. The Bertz CT molecular complexity index is 348. The molecule has 0 aliphatic rings. The maximum absolute atomic E-state index is 11.3. The van der Waals surface area contributed by atoms with Gasteiger partial charge in [-0.15, -0.1) is 0 Å². The first-order chi connectivity index (χ1) is 9.81. The van der Waals surface area contributed by atoms with Gasteiger partial charge in [0.15, 0.2) is 0 Å². The lowest BCUT2D eigenvalue weighted by Gasteiger charge is -2.04. The summed E-state index contributed by atoms with van der Waals surface area (Å²) in [5, 5.41) is 6.87. The molecule has 0 N–H and O–H groups in total. The van der Waals surface area contributed by atoms with E-state index in [-0.39, 0.29) is 5.97 Å². The molecule has 8 heteroatoms. The van der Waals surface area contributed by atoms with E-state index in [1.54, 1.807) is 0 Å². The van der Waals surface area contributed by atoms with Crippen molar-refractivity contribution < 1.29 is 9.53 Å². The zero-order chi connectivity index (χ0) is 14.9. The topological polar surface area (TPSA) is 124 Å². The minimum absolute atomic E-state index is 0.164. The van der Waals surface area contributed by atoms with Gasteiger partial charge in [0.05, 0.1) is 6.61 Å². The monoisotopic (exact) mass is 282 g/mol. The van der Waals surface area contributed by atoms with E-state index >= 15 is 0 Å². The van der Waals surface area contributed by atoms with Crippen LogP contribution in [0.3, 0.4) is 0 Å². The Balaban J connectivity index is 3.23. The second-order valence-electron chi connectivity index (χ2n) is 4.35. The Morgan fingerprint density at radius 1 is 0.850 bits per heavy atom. The van der Waals surface area contributed by atoms with E-state index < -0.39 is 0 Å². The van der Waals surface area contributed by atoms with Crippen molar-refractivity contribution in [2.75, 3.05) is 19.7 Å². The molecule has 0 aromatic carbocycles. The van der Waals surface area contributed by atoms with Crippen molar-refractivity contribution in [2.24, 2.45) is 10.2 Å². The van der Waals surface area contributed by atoms with Crippen molar-refractivity contribution >= 4 is 5.97 Å². The van der Waals surface area contributed by atoms with Crippen molar-refractivity contribution in [3.8, 4) is 0 Å². The standard InChI is InChI=1S/C12H22N6O2/c13-17-15-9-5-1-2-7-11-20-12(19)8-4-3-6-10-16-18-14/h1-11H2. The van der Waals surface area contributed by atoms with Crippen LogP contribution in [0.4, 0.5) is 0 Å². The number of unbranched alkanes of at least 4 members (excludes halogenated alkanes) is 5. The molecular formula is C12H22N6O2. The molecule has 0 aromatic rings. The maximum Gasteiger partial charge on any atom is 0.305 e. The summed E-state index contributed by atoms with van der Waals surface area (Å²) in [7, 11) is 0. The Kier molecular flexibility index (Phi) is 13.7. The number of azide groups is 2. The minimum Gasteiger partial charge on any atom is -0.466 e. The molecule has 0 radical (unpaired) electrons. The summed E-state index contributed by atoms with van der Waals surface area (Å²) in [5.41, 5.74) is 16.2. The largest absolute Gasteiger partial charge is 0.466 e. The van der Waals surface area contributed by atoms with Crippen LogP contribution in [0.25, 0.3) is 20.9 Å². The highest BCUT2D eigenvalue weighted by molar-refractivity contribution is 5.69. The molecule has 0 heterocycles. The van der Waals surface area contributed by atoms with Gasteiger partial charge >= 0.3 is 5.97 Å². The predicted octanol–water partition coefficient (Wildman–Crippen LogP) is 4.27. The van der Waals surface area contributed by atoms with Crippen LogP contribution in [0.2, 0.25) is 0 Å². The molecule has 0 atom stereocenters. The third-order valence-electron chi connectivity index (χ3n) is 2.68. The Hall–Kier alpha value is -1.91. The molecule has 0 aliphatic carbocycles. The summed E-state index contributed by atoms with van der Waals surface area (Å²) < 4.78 is 5.09. The highest BCUT2D eigenvalue weighted by Crippen LogP contribution is 2.04. The van der Waals surface area contributed by atoms with Gasteiger partial charge < -0.3 is 4.74 Å². The smallest absolute Gasteiger partial charge is 0.305 e.